The summed E-state index contributed by atoms with van der Waals surface area (Å²) in [6.07, 6.45) is 3.60. The third kappa shape index (κ3) is 2.81. The van der Waals surface area contributed by atoms with Crippen molar-refractivity contribution in [2.75, 3.05) is 0 Å². The van der Waals surface area contributed by atoms with E-state index in [2.05, 4.69) is 6.58 Å². The first-order valence-corrected chi connectivity index (χ1v) is 8.08. The molecule has 0 aromatic heterocycles. The number of benzene rings is 1. The van der Waals surface area contributed by atoms with E-state index in [1.165, 1.54) is 0 Å². The van der Waals surface area contributed by atoms with Gasteiger partial charge in [0.25, 0.3) is 0 Å². The molecule has 1 aliphatic carbocycles. The quantitative estimate of drug-likeness (QED) is 0.788. The zero-order chi connectivity index (χ0) is 14.0. The lowest BCUT2D eigenvalue weighted by molar-refractivity contribution is 0.517. The molecule has 0 amide bonds. The Kier molecular flexibility index (Phi) is 3.95. The zero-order valence-corrected chi connectivity index (χ0v) is 12.3. The van der Waals surface area contributed by atoms with Crippen LogP contribution >= 0.6 is 0 Å². The summed E-state index contributed by atoms with van der Waals surface area (Å²) in [5.41, 5.74) is 2.03. The molecular weight excluding hydrogens is 256 g/mol. The van der Waals surface area contributed by atoms with Crippen molar-refractivity contribution in [3.05, 3.63) is 54.1 Å². The molecule has 2 unspecified atom stereocenters. The maximum Gasteiger partial charge on any atom is 0.185 e. The second-order valence-corrected chi connectivity index (χ2v) is 7.44. The molecule has 102 valence electrons. The van der Waals surface area contributed by atoms with Crippen molar-refractivity contribution in [1.29, 1.82) is 0 Å². The Hall–Kier alpha value is -1.35. The lowest BCUT2D eigenvalue weighted by atomic mass is 9.86. The summed E-state index contributed by atoms with van der Waals surface area (Å²) in [6, 6.07) is 8.72. The fourth-order valence-electron chi connectivity index (χ4n) is 2.55. The first-order valence-electron chi connectivity index (χ1n) is 6.54. The molecule has 2 nitrogen and oxygen atoms in total. The number of hydrogen-bond acceptors (Lipinski definition) is 2. The van der Waals surface area contributed by atoms with Gasteiger partial charge in [-0.05, 0) is 44.7 Å². The van der Waals surface area contributed by atoms with E-state index in [9.17, 15) is 8.42 Å². The fourth-order valence-corrected chi connectivity index (χ4v) is 4.48. The Balaban J connectivity index is 2.38. The first-order chi connectivity index (χ1) is 8.93. The molecule has 0 saturated heterocycles. The van der Waals surface area contributed by atoms with E-state index < -0.39 is 15.1 Å². The van der Waals surface area contributed by atoms with E-state index in [-0.39, 0.29) is 5.92 Å². The number of sulfone groups is 1. The molecular formula is C16H20O2S. The molecule has 0 fully saturated rings. The molecule has 0 N–H and O–H groups in total. The van der Waals surface area contributed by atoms with Gasteiger partial charge >= 0.3 is 0 Å². The normalized spacial score (nSPS) is 23.8. The Morgan fingerprint density at radius 3 is 2.47 bits per heavy atom. The van der Waals surface area contributed by atoms with Crippen LogP contribution in [0, 0.1) is 5.92 Å². The number of rotatable bonds is 3. The van der Waals surface area contributed by atoms with Crippen molar-refractivity contribution < 1.29 is 8.42 Å². The zero-order valence-electron chi connectivity index (χ0n) is 11.5. The summed E-state index contributed by atoms with van der Waals surface area (Å²) >= 11 is 0. The Labute approximate surface area is 115 Å². The van der Waals surface area contributed by atoms with Gasteiger partial charge in [0.05, 0.1) is 10.1 Å². The van der Waals surface area contributed by atoms with E-state index in [0.717, 1.165) is 17.6 Å². The maximum absolute atomic E-state index is 12.7. The summed E-state index contributed by atoms with van der Waals surface area (Å²) in [4.78, 5) is 0.412. The van der Waals surface area contributed by atoms with Crippen LogP contribution in [0.25, 0.3) is 0 Å². The van der Waals surface area contributed by atoms with Crippen molar-refractivity contribution in [1.82, 2.24) is 0 Å². The van der Waals surface area contributed by atoms with Gasteiger partial charge in [0.1, 0.15) is 0 Å². The molecule has 0 spiro atoms. The first kappa shape index (κ1) is 14.1. The fraction of sp³-hybridized carbons (Fsp3) is 0.375. The highest BCUT2D eigenvalue weighted by atomic mass is 32.2. The van der Waals surface area contributed by atoms with Gasteiger partial charge in [0.2, 0.25) is 0 Å². The molecule has 1 aliphatic rings. The standard InChI is InChI=1S/C16H20O2S/c1-12(2)14-10-9-13(3)16(11-14)19(17,18)15-7-5-4-6-8-15/h4-9,14,16H,1,10-11H2,2-3H3. The molecule has 1 aromatic carbocycles. The predicted molar refractivity (Wildman–Crippen MR) is 78.7 cm³/mol. The van der Waals surface area contributed by atoms with Crippen LogP contribution < -0.4 is 0 Å². The van der Waals surface area contributed by atoms with Crippen LogP contribution in [0.2, 0.25) is 0 Å². The van der Waals surface area contributed by atoms with E-state index in [1.807, 2.05) is 26.0 Å². The van der Waals surface area contributed by atoms with E-state index in [1.54, 1.807) is 24.3 Å². The average molecular weight is 276 g/mol. The van der Waals surface area contributed by atoms with Crippen LogP contribution in [-0.4, -0.2) is 13.7 Å². The average Bonchev–Trinajstić information content (AvgIpc) is 2.39. The number of hydrogen-bond donors (Lipinski definition) is 0. The van der Waals surface area contributed by atoms with E-state index in [0.29, 0.717) is 11.3 Å². The van der Waals surface area contributed by atoms with E-state index in [4.69, 9.17) is 0 Å². The van der Waals surface area contributed by atoms with Gasteiger partial charge < -0.3 is 0 Å². The van der Waals surface area contributed by atoms with E-state index >= 15 is 0 Å². The topological polar surface area (TPSA) is 34.1 Å². The smallest absolute Gasteiger partial charge is 0.185 e. The Bertz CT molecular complexity index is 597. The van der Waals surface area contributed by atoms with Crippen LogP contribution in [0.1, 0.15) is 26.7 Å². The minimum absolute atomic E-state index is 0.271. The van der Waals surface area contributed by atoms with Crippen LogP contribution in [0.15, 0.2) is 59.0 Å². The molecule has 0 bridgehead atoms. The van der Waals surface area contributed by atoms with Gasteiger partial charge in [0, 0.05) is 0 Å². The molecule has 0 aliphatic heterocycles. The molecule has 1 aromatic rings. The second kappa shape index (κ2) is 5.33. The minimum atomic E-state index is -3.29. The molecule has 2 atom stereocenters. The summed E-state index contributed by atoms with van der Waals surface area (Å²) in [7, 11) is -3.29. The minimum Gasteiger partial charge on any atom is -0.223 e. The highest BCUT2D eigenvalue weighted by Crippen LogP contribution is 2.34. The van der Waals surface area contributed by atoms with Gasteiger partial charge in [-0.2, -0.15) is 0 Å². The third-order valence-electron chi connectivity index (χ3n) is 3.87. The summed E-state index contributed by atoms with van der Waals surface area (Å²) < 4.78 is 25.4. The van der Waals surface area contributed by atoms with Crippen molar-refractivity contribution in [2.24, 2.45) is 5.92 Å². The monoisotopic (exact) mass is 276 g/mol. The molecule has 3 heteroatoms. The predicted octanol–water partition coefficient (Wildman–Crippen LogP) is 3.76. The lowest BCUT2D eigenvalue weighted by Gasteiger charge is -2.28. The number of allylic oxidation sites excluding steroid dienone is 2. The van der Waals surface area contributed by atoms with Gasteiger partial charge in [-0.1, -0.05) is 42.0 Å². The summed E-state index contributed by atoms with van der Waals surface area (Å²) in [6.45, 7) is 7.86. The highest BCUT2D eigenvalue weighted by Gasteiger charge is 2.33. The van der Waals surface area contributed by atoms with Crippen LogP contribution in [0.5, 0.6) is 0 Å². The third-order valence-corrected chi connectivity index (χ3v) is 6.12. The molecule has 0 radical (unpaired) electrons. The highest BCUT2D eigenvalue weighted by molar-refractivity contribution is 7.92. The summed E-state index contributed by atoms with van der Waals surface area (Å²) in [5.74, 6) is 0.271. The Morgan fingerprint density at radius 2 is 1.89 bits per heavy atom. The molecule has 0 heterocycles. The van der Waals surface area contributed by atoms with Gasteiger partial charge in [-0.25, -0.2) is 8.42 Å². The van der Waals surface area contributed by atoms with Gasteiger partial charge in [0.15, 0.2) is 9.84 Å². The van der Waals surface area contributed by atoms with Gasteiger partial charge in [-0.3, -0.25) is 0 Å². The molecule has 2 rings (SSSR count). The lowest BCUT2D eigenvalue weighted by Crippen LogP contribution is -2.28. The molecule has 19 heavy (non-hydrogen) atoms. The van der Waals surface area contributed by atoms with Crippen LogP contribution in [-0.2, 0) is 9.84 Å². The maximum atomic E-state index is 12.7. The van der Waals surface area contributed by atoms with Crippen molar-refractivity contribution in [3.8, 4) is 0 Å². The largest absolute Gasteiger partial charge is 0.223 e. The SMILES string of the molecule is C=C(C)C1CC=C(C)C(S(=O)(=O)c2ccccc2)C1. The van der Waals surface area contributed by atoms with Gasteiger partial charge in [-0.15, -0.1) is 0 Å². The van der Waals surface area contributed by atoms with Crippen LogP contribution in [0.3, 0.4) is 0 Å². The van der Waals surface area contributed by atoms with Crippen LogP contribution in [0.4, 0.5) is 0 Å². The summed E-state index contributed by atoms with van der Waals surface area (Å²) in [5, 5.41) is -0.412. The Morgan fingerprint density at radius 1 is 1.26 bits per heavy atom. The van der Waals surface area contributed by atoms with Crippen molar-refractivity contribution in [3.63, 3.8) is 0 Å². The second-order valence-electron chi connectivity index (χ2n) is 5.31. The van der Waals surface area contributed by atoms with Crippen molar-refractivity contribution in [2.45, 2.75) is 36.8 Å². The molecule has 0 saturated carbocycles. The van der Waals surface area contributed by atoms with Crippen molar-refractivity contribution >= 4 is 9.84 Å².